The largest absolute Gasteiger partial charge is 0.480 e. The van der Waals surface area contributed by atoms with Crippen LogP contribution in [0.15, 0.2) is 60.7 Å². The predicted molar refractivity (Wildman–Crippen MR) is 156 cm³/mol. The Morgan fingerprint density at radius 2 is 1.52 bits per heavy atom. The second-order valence-electron chi connectivity index (χ2n) is 10.6. The third kappa shape index (κ3) is 10.5. The van der Waals surface area contributed by atoms with E-state index in [9.17, 15) is 24.3 Å². The number of ether oxygens (including phenoxy) is 1. The van der Waals surface area contributed by atoms with E-state index in [-0.39, 0.29) is 32.6 Å². The van der Waals surface area contributed by atoms with Gasteiger partial charge in [0.05, 0.1) is 6.61 Å². The minimum absolute atomic E-state index is 0.0156. The fourth-order valence-corrected chi connectivity index (χ4v) is 5.02. The van der Waals surface area contributed by atoms with Gasteiger partial charge in [-0.25, -0.2) is 25.1 Å². The summed E-state index contributed by atoms with van der Waals surface area (Å²) in [6, 6.07) is 17.2. The highest BCUT2D eigenvalue weighted by Crippen LogP contribution is 2.26. The molecule has 0 spiro atoms. The number of carbonyl (C=O) groups is 4. The molecule has 1 aliphatic rings. The number of unbranched alkanes of at least 4 members (excludes halogenated alkanes) is 5. The van der Waals surface area contributed by atoms with Gasteiger partial charge in [-0.1, -0.05) is 106 Å². The third-order valence-corrected chi connectivity index (χ3v) is 7.28. The third-order valence-electron chi connectivity index (χ3n) is 7.28. The Bertz CT molecular complexity index is 1130. The minimum Gasteiger partial charge on any atom is -0.480 e. The first-order chi connectivity index (χ1) is 20.4. The summed E-state index contributed by atoms with van der Waals surface area (Å²) in [7, 11) is 0. The van der Waals surface area contributed by atoms with Crippen molar-refractivity contribution in [1.29, 1.82) is 0 Å². The molecule has 2 aromatic rings. The molecule has 10 heteroatoms. The maximum absolute atomic E-state index is 14.0. The molecule has 1 fully saturated rings. The van der Waals surface area contributed by atoms with Gasteiger partial charge in [0.15, 0.2) is 6.04 Å². The Kier molecular flexibility index (Phi) is 13.8. The lowest BCUT2D eigenvalue weighted by atomic mass is 9.94. The van der Waals surface area contributed by atoms with Crippen LogP contribution in [0, 0.1) is 5.92 Å². The lowest BCUT2D eigenvalue weighted by Crippen LogP contribution is -2.61. The molecule has 2 N–H and O–H groups in total. The van der Waals surface area contributed by atoms with Gasteiger partial charge in [0.25, 0.3) is 0 Å². The number of hydrazine groups is 1. The summed E-state index contributed by atoms with van der Waals surface area (Å²) in [5, 5.41) is 12.1. The van der Waals surface area contributed by atoms with Crippen LogP contribution in [0.4, 0.5) is 4.79 Å². The molecule has 0 unspecified atom stereocenters. The average molecular weight is 582 g/mol. The quantitative estimate of drug-likeness (QED) is 0.195. The lowest BCUT2D eigenvalue weighted by molar-refractivity contribution is -0.174. The van der Waals surface area contributed by atoms with Crippen molar-refractivity contribution in [2.24, 2.45) is 5.92 Å². The maximum atomic E-state index is 14.0. The molecule has 10 nitrogen and oxygen atoms in total. The van der Waals surface area contributed by atoms with E-state index in [1.165, 1.54) is 0 Å². The number of benzene rings is 2. The van der Waals surface area contributed by atoms with Gasteiger partial charge < -0.3 is 9.84 Å². The molecule has 1 saturated heterocycles. The number of nitrogens with one attached hydrogen (secondary N) is 1. The van der Waals surface area contributed by atoms with Crippen molar-refractivity contribution in [1.82, 2.24) is 15.5 Å². The Labute approximate surface area is 247 Å². The summed E-state index contributed by atoms with van der Waals surface area (Å²) < 4.78 is 5.47. The van der Waals surface area contributed by atoms with Crippen LogP contribution in [-0.2, 0) is 37.2 Å². The second kappa shape index (κ2) is 17.8. The maximum Gasteiger partial charge on any atom is 0.429 e. The molecule has 0 aliphatic carbocycles. The molecule has 228 valence electrons. The molecule has 2 aromatic carbocycles. The fraction of sp³-hybridized carbons (Fsp3) is 0.500. The second-order valence-corrected chi connectivity index (χ2v) is 10.6. The summed E-state index contributed by atoms with van der Waals surface area (Å²) in [6.45, 7) is 2.43. The van der Waals surface area contributed by atoms with E-state index in [1.807, 2.05) is 60.7 Å². The Morgan fingerprint density at radius 3 is 2.17 bits per heavy atom. The Hall–Kier alpha value is -3.92. The first-order valence-electron chi connectivity index (χ1n) is 14.9. The summed E-state index contributed by atoms with van der Waals surface area (Å²) in [5.41, 5.74) is 4.05. The normalized spacial score (nSPS) is 15.6. The van der Waals surface area contributed by atoms with Crippen LogP contribution in [-0.4, -0.2) is 51.6 Å². The summed E-state index contributed by atoms with van der Waals surface area (Å²) in [5.74, 6) is -3.11. The highest BCUT2D eigenvalue weighted by Gasteiger charge is 2.43. The number of hydroxylamine groups is 1. The van der Waals surface area contributed by atoms with Crippen LogP contribution in [0.1, 0.15) is 82.3 Å². The smallest absolute Gasteiger partial charge is 0.429 e. The molecule has 0 aromatic heterocycles. The lowest BCUT2D eigenvalue weighted by Gasteiger charge is -2.42. The first-order valence-corrected chi connectivity index (χ1v) is 14.9. The van der Waals surface area contributed by atoms with Crippen LogP contribution < -0.4 is 5.48 Å². The predicted octanol–water partition coefficient (Wildman–Crippen LogP) is 5.62. The van der Waals surface area contributed by atoms with Crippen molar-refractivity contribution in [3.63, 3.8) is 0 Å². The number of hydrogen-bond donors (Lipinski definition) is 2. The highest BCUT2D eigenvalue weighted by molar-refractivity contribution is 5.90. The van der Waals surface area contributed by atoms with Crippen molar-refractivity contribution < 1.29 is 33.9 Å². The molecule has 1 aliphatic heterocycles. The molecule has 1 heterocycles. The van der Waals surface area contributed by atoms with Crippen molar-refractivity contribution in [2.45, 2.75) is 90.4 Å². The Balaban J connectivity index is 1.71. The number of rotatable bonds is 16. The first kappa shape index (κ1) is 32.6. The number of hydrogen-bond acceptors (Lipinski definition) is 6. The van der Waals surface area contributed by atoms with Gasteiger partial charge in [-0.05, 0) is 30.4 Å². The van der Waals surface area contributed by atoms with Crippen LogP contribution in [0.25, 0.3) is 0 Å². The number of nitrogens with zero attached hydrogens (tertiary/aromatic N) is 2. The van der Waals surface area contributed by atoms with E-state index in [0.717, 1.165) is 53.2 Å². The topological polar surface area (TPSA) is 125 Å². The van der Waals surface area contributed by atoms with Gasteiger partial charge in [0.1, 0.15) is 6.61 Å². The van der Waals surface area contributed by atoms with Crippen molar-refractivity contribution in [3.8, 4) is 0 Å². The molecule has 42 heavy (non-hydrogen) atoms. The number of carbonyl (C=O) groups excluding carboxylic acids is 3. The molecule has 0 radical (unpaired) electrons. The SMILES string of the molecule is CCCCCCCC[C@@H](CC(=O)NOCc1ccccc1)C(=O)N1[C@H](C(=O)O)CCCN1C(=O)OCc1ccccc1. The minimum atomic E-state index is -1.24. The van der Waals surface area contributed by atoms with Gasteiger partial charge >= 0.3 is 12.1 Å². The van der Waals surface area contributed by atoms with E-state index in [0.29, 0.717) is 19.3 Å². The number of carboxylic acids is 1. The van der Waals surface area contributed by atoms with Gasteiger partial charge in [0.2, 0.25) is 11.8 Å². The van der Waals surface area contributed by atoms with Crippen LogP contribution in [0.5, 0.6) is 0 Å². The van der Waals surface area contributed by atoms with Crippen molar-refractivity contribution in [2.75, 3.05) is 6.54 Å². The molecule has 0 saturated carbocycles. The van der Waals surface area contributed by atoms with E-state index < -0.39 is 35.8 Å². The van der Waals surface area contributed by atoms with Gasteiger partial charge in [-0.2, -0.15) is 0 Å². The average Bonchev–Trinajstić information content (AvgIpc) is 3.01. The zero-order chi connectivity index (χ0) is 30.2. The fourth-order valence-electron chi connectivity index (χ4n) is 5.02. The van der Waals surface area contributed by atoms with Crippen molar-refractivity contribution >= 4 is 23.9 Å². The zero-order valence-electron chi connectivity index (χ0n) is 24.4. The molecule has 2 atom stereocenters. The van der Waals surface area contributed by atoms with Crippen LogP contribution in [0.2, 0.25) is 0 Å². The monoisotopic (exact) mass is 581 g/mol. The highest BCUT2D eigenvalue weighted by atomic mass is 16.6. The zero-order valence-corrected chi connectivity index (χ0v) is 24.4. The molecular weight excluding hydrogens is 538 g/mol. The summed E-state index contributed by atoms with van der Waals surface area (Å²) in [6.07, 6.45) is 5.93. The summed E-state index contributed by atoms with van der Waals surface area (Å²) in [4.78, 5) is 57.6. The number of carboxylic acid groups (broad SMARTS) is 1. The van der Waals surface area contributed by atoms with Gasteiger partial charge in [0, 0.05) is 18.9 Å². The Morgan fingerprint density at radius 1 is 0.905 bits per heavy atom. The number of amides is 3. The molecule has 3 rings (SSSR count). The van der Waals surface area contributed by atoms with Gasteiger partial charge in [-0.3, -0.25) is 14.4 Å². The van der Waals surface area contributed by atoms with E-state index in [1.54, 1.807) is 0 Å². The van der Waals surface area contributed by atoms with E-state index in [4.69, 9.17) is 9.57 Å². The van der Waals surface area contributed by atoms with E-state index in [2.05, 4.69) is 12.4 Å². The molecular formula is C32H43N3O7. The van der Waals surface area contributed by atoms with Crippen molar-refractivity contribution in [3.05, 3.63) is 71.8 Å². The molecule has 0 bridgehead atoms. The number of aliphatic carboxylic acids is 1. The standard InChI is InChI=1S/C32H43N3O7/c1-2-3-4-5-6-13-19-27(22-29(36)33-42-24-26-17-11-8-12-18-26)30(37)35-28(31(38)39)20-14-21-34(35)32(40)41-23-25-15-9-7-10-16-25/h7-12,15-18,27-28H,2-6,13-14,19-24H2,1H3,(H,33,36)(H,38,39)/t27-,28-/m0/s1. The van der Waals surface area contributed by atoms with E-state index >= 15 is 0 Å². The van der Waals surface area contributed by atoms with Crippen LogP contribution >= 0.6 is 0 Å². The summed E-state index contributed by atoms with van der Waals surface area (Å²) >= 11 is 0. The molecule has 3 amide bonds. The van der Waals surface area contributed by atoms with Crippen LogP contribution in [0.3, 0.4) is 0 Å². The van der Waals surface area contributed by atoms with Gasteiger partial charge in [-0.15, -0.1) is 0 Å².